The third kappa shape index (κ3) is 4.96. The summed E-state index contributed by atoms with van der Waals surface area (Å²) in [5.74, 6) is 0.159. The molecule has 0 amide bonds. The number of rotatable bonds is 3. The number of Topliss-reactive ketones (excluding diaryl/α,β-unsaturated/α-hetero) is 1. The van der Waals surface area contributed by atoms with Crippen molar-refractivity contribution < 1.29 is 9.53 Å². The molecule has 0 aromatic carbocycles. The van der Waals surface area contributed by atoms with Gasteiger partial charge in [0.25, 0.3) is 0 Å². The zero-order valence-corrected chi connectivity index (χ0v) is 8.10. The lowest BCUT2D eigenvalue weighted by Crippen LogP contribution is -2.26. The second kappa shape index (κ2) is 3.86. The van der Waals surface area contributed by atoms with Crippen molar-refractivity contribution in [2.45, 2.75) is 40.7 Å². The van der Waals surface area contributed by atoms with Crippen LogP contribution in [0.1, 0.15) is 34.6 Å². The first-order valence-corrected chi connectivity index (χ1v) is 3.99. The molecule has 0 fully saturated rings. The minimum absolute atomic E-state index is 0.140. The summed E-state index contributed by atoms with van der Waals surface area (Å²) in [7, 11) is 0. The maximum Gasteiger partial charge on any atom is 0.163 e. The summed E-state index contributed by atoms with van der Waals surface area (Å²) in [6, 6.07) is 0. The van der Waals surface area contributed by atoms with Crippen molar-refractivity contribution in [3.05, 3.63) is 0 Å². The maximum absolute atomic E-state index is 11.2. The largest absolute Gasteiger partial charge is 0.371 e. The molecule has 11 heavy (non-hydrogen) atoms. The summed E-state index contributed by atoms with van der Waals surface area (Å²) in [4.78, 5) is 11.2. The van der Waals surface area contributed by atoms with Crippen molar-refractivity contribution in [2.75, 3.05) is 6.61 Å². The number of ether oxygens (including phenoxy) is 1. The molecular weight excluding hydrogens is 140 g/mol. The van der Waals surface area contributed by atoms with Crippen molar-refractivity contribution in [1.29, 1.82) is 0 Å². The number of ketones is 1. The zero-order valence-electron chi connectivity index (χ0n) is 8.10. The highest BCUT2D eigenvalue weighted by Gasteiger charge is 2.20. The average molecular weight is 158 g/mol. The van der Waals surface area contributed by atoms with E-state index in [-0.39, 0.29) is 23.9 Å². The Kier molecular flexibility index (Phi) is 3.73. The molecule has 0 N–H and O–H groups in total. The van der Waals surface area contributed by atoms with Gasteiger partial charge < -0.3 is 4.74 Å². The van der Waals surface area contributed by atoms with Gasteiger partial charge >= 0.3 is 0 Å². The summed E-state index contributed by atoms with van der Waals surface area (Å²) in [6.07, 6.45) is 0.140. The molecule has 0 saturated carbocycles. The van der Waals surface area contributed by atoms with E-state index >= 15 is 0 Å². The van der Waals surface area contributed by atoms with Gasteiger partial charge in [0.1, 0.15) is 6.61 Å². The molecule has 0 unspecified atom stereocenters. The van der Waals surface area contributed by atoms with Crippen LogP contribution in [0, 0.1) is 5.41 Å². The minimum atomic E-state index is -0.269. The molecule has 0 aromatic heterocycles. The van der Waals surface area contributed by atoms with E-state index in [1.165, 1.54) is 0 Å². The van der Waals surface area contributed by atoms with Gasteiger partial charge in [-0.1, -0.05) is 20.8 Å². The monoisotopic (exact) mass is 158 g/mol. The topological polar surface area (TPSA) is 26.3 Å². The van der Waals surface area contributed by atoms with Gasteiger partial charge in [-0.3, -0.25) is 4.79 Å². The van der Waals surface area contributed by atoms with Gasteiger partial charge in [-0.15, -0.1) is 0 Å². The molecule has 0 bridgehead atoms. The van der Waals surface area contributed by atoms with Crippen LogP contribution in [-0.2, 0) is 9.53 Å². The molecule has 0 atom stereocenters. The first-order chi connectivity index (χ1) is 4.84. The van der Waals surface area contributed by atoms with E-state index in [2.05, 4.69) is 0 Å². The Morgan fingerprint density at radius 2 is 1.82 bits per heavy atom. The Morgan fingerprint density at radius 1 is 1.36 bits per heavy atom. The van der Waals surface area contributed by atoms with Gasteiger partial charge in [0.2, 0.25) is 0 Å². The molecule has 66 valence electrons. The van der Waals surface area contributed by atoms with Crippen LogP contribution in [0.15, 0.2) is 0 Å². The fourth-order valence-corrected chi connectivity index (χ4v) is 0.459. The fraction of sp³-hybridized carbons (Fsp3) is 0.889. The van der Waals surface area contributed by atoms with Crippen LogP contribution in [0.4, 0.5) is 0 Å². The van der Waals surface area contributed by atoms with Crippen molar-refractivity contribution in [2.24, 2.45) is 5.41 Å². The van der Waals surface area contributed by atoms with Crippen molar-refractivity contribution in [1.82, 2.24) is 0 Å². The molecule has 2 nitrogen and oxygen atoms in total. The Balaban J connectivity index is 3.71. The Bertz CT molecular complexity index is 131. The van der Waals surface area contributed by atoms with Crippen molar-refractivity contribution in [3.8, 4) is 0 Å². The van der Waals surface area contributed by atoms with Crippen LogP contribution in [0.3, 0.4) is 0 Å². The highest BCUT2D eigenvalue weighted by Crippen LogP contribution is 2.14. The highest BCUT2D eigenvalue weighted by atomic mass is 16.5. The lowest BCUT2D eigenvalue weighted by Gasteiger charge is -2.17. The summed E-state index contributed by atoms with van der Waals surface area (Å²) < 4.78 is 5.18. The van der Waals surface area contributed by atoms with Crippen LogP contribution in [-0.4, -0.2) is 18.5 Å². The van der Waals surface area contributed by atoms with Gasteiger partial charge in [-0.05, 0) is 13.8 Å². The normalized spacial score (nSPS) is 12.2. The van der Waals surface area contributed by atoms with E-state index in [0.717, 1.165) is 0 Å². The fourth-order valence-electron chi connectivity index (χ4n) is 0.459. The molecular formula is C9H18O2. The van der Waals surface area contributed by atoms with Crippen LogP contribution < -0.4 is 0 Å². The van der Waals surface area contributed by atoms with Gasteiger partial charge in [-0.2, -0.15) is 0 Å². The second-order valence-corrected chi connectivity index (χ2v) is 4.03. The van der Waals surface area contributed by atoms with Crippen LogP contribution in [0.2, 0.25) is 0 Å². The van der Waals surface area contributed by atoms with E-state index in [1.54, 1.807) is 0 Å². The number of carbonyl (C=O) groups excluding carboxylic acids is 1. The molecule has 0 spiro atoms. The predicted octanol–water partition coefficient (Wildman–Crippen LogP) is 2.03. The van der Waals surface area contributed by atoms with Gasteiger partial charge in [0.15, 0.2) is 5.78 Å². The molecule has 0 radical (unpaired) electrons. The third-order valence-electron chi connectivity index (χ3n) is 1.38. The molecule has 0 aromatic rings. The third-order valence-corrected chi connectivity index (χ3v) is 1.38. The molecule has 0 heterocycles. The van der Waals surface area contributed by atoms with Crippen LogP contribution >= 0.6 is 0 Å². The molecule has 0 aliphatic carbocycles. The lowest BCUT2D eigenvalue weighted by molar-refractivity contribution is -0.132. The van der Waals surface area contributed by atoms with E-state index in [1.807, 2.05) is 34.6 Å². The summed E-state index contributed by atoms with van der Waals surface area (Å²) in [5, 5.41) is 0. The van der Waals surface area contributed by atoms with Crippen LogP contribution in [0.25, 0.3) is 0 Å². The van der Waals surface area contributed by atoms with E-state index in [4.69, 9.17) is 4.74 Å². The zero-order chi connectivity index (χ0) is 9.07. The van der Waals surface area contributed by atoms with Gasteiger partial charge in [-0.25, -0.2) is 0 Å². The number of hydrogen-bond donors (Lipinski definition) is 0. The van der Waals surface area contributed by atoms with Gasteiger partial charge in [0.05, 0.1) is 6.10 Å². The summed E-state index contributed by atoms with van der Waals surface area (Å²) in [5.41, 5.74) is -0.269. The molecule has 0 aliphatic heterocycles. The summed E-state index contributed by atoms with van der Waals surface area (Å²) >= 11 is 0. The first-order valence-electron chi connectivity index (χ1n) is 3.99. The highest BCUT2D eigenvalue weighted by molar-refractivity contribution is 5.84. The van der Waals surface area contributed by atoms with E-state index < -0.39 is 0 Å². The molecule has 0 rings (SSSR count). The van der Waals surface area contributed by atoms with Crippen molar-refractivity contribution in [3.63, 3.8) is 0 Å². The molecule has 0 aliphatic rings. The SMILES string of the molecule is CC(C)OCC(=O)C(C)(C)C. The lowest BCUT2D eigenvalue weighted by atomic mass is 9.91. The molecule has 0 saturated heterocycles. The first kappa shape index (κ1) is 10.6. The number of carbonyl (C=O) groups is 1. The van der Waals surface area contributed by atoms with E-state index in [0.29, 0.717) is 0 Å². The van der Waals surface area contributed by atoms with Crippen molar-refractivity contribution >= 4 is 5.78 Å². The average Bonchev–Trinajstić information content (AvgIpc) is 1.80. The minimum Gasteiger partial charge on any atom is -0.371 e. The standard InChI is InChI=1S/C9H18O2/c1-7(2)11-6-8(10)9(3,4)5/h7H,6H2,1-5H3. The quantitative estimate of drug-likeness (QED) is 0.628. The Labute approximate surface area is 68.9 Å². The maximum atomic E-state index is 11.2. The Morgan fingerprint density at radius 3 is 2.09 bits per heavy atom. The van der Waals surface area contributed by atoms with E-state index in [9.17, 15) is 4.79 Å². The smallest absolute Gasteiger partial charge is 0.163 e. The summed E-state index contributed by atoms with van der Waals surface area (Å²) in [6.45, 7) is 9.80. The second-order valence-electron chi connectivity index (χ2n) is 4.03. The molecule has 2 heteroatoms. The van der Waals surface area contributed by atoms with Crippen LogP contribution in [0.5, 0.6) is 0 Å². The number of hydrogen-bond acceptors (Lipinski definition) is 2. The predicted molar refractivity (Wildman–Crippen MR) is 45.6 cm³/mol. The Hall–Kier alpha value is -0.370. The van der Waals surface area contributed by atoms with Gasteiger partial charge in [0, 0.05) is 5.41 Å².